The molecule has 1 amide bonds. The van der Waals surface area contributed by atoms with Gasteiger partial charge in [-0.25, -0.2) is 0 Å². The third kappa shape index (κ3) is 2.62. The molecule has 0 aliphatic heterocycles. The van der Waals surface area contributed by atoms with Crippen LogP contribution in [0.5, 0.6) is 0 Å². The third-order valence-corrected chi connectivity index (χ3v) is 3.60. The van der Waals surface area contributed by atoms with Crippen LogP contribution in [0.25, 0.3) is 0 Å². The van der Waals surface area contributed by atoms with Crippen molar-refractivity contribution in [3.05, 3.63) is 29.3 Å². The van der Waals surface area contributed by atoms with Crippen molar-refractivity contribution in [1.29, 1.82) is 0 Å². The van der Waals surface area contributed by atoms with Crippen LogP contribution in [0.1, 0.15) is 29.8 Å². The van der Waals surface area contributed by atoms with Crippen LogP contribution in [-0.2, 0) is 0 Å². The zero-order valence-electron chi connectivity index (χ0n) is 8.79. The third-order valence-electron chi connectivity index (χ3n) is 1.99. The Labute approximate surface area is 93.6 Å². The minimum absolute atomic E-state index is 0.0306. The van der Waals surface area contributed by atoms with E-state index in [9.17, 15) is 4.79 Å². The van der Waals surface area contributed by atoms with Gasteiger partial charge in [0.15, 0.2) is 0 Å². The summed E-state index contributed by atoms with van der Waals surface area (Å²) < 4.78 is 1.12. The van der Waals surface area contributed by atoms with Gasteiger partial charge in [-0.1, -0.05) is 0 Å². The van der Waals surface area contributed by atoms with Crippen LogP contribution in [0.2, 0.25) is 0 Å². The van der Waals surface area contributed by atoms with E-state index in [-0.39, 0.29) is 11.9 Å². The quantitative estimate of drug-likeness (QED) is 0.759. The van der Waals surface area contributed by atoms with E-state index in [0.29, 0.717) is 0 Å². The Morgan fingerprint density at radius 1 is 1.43 bits per heavy atom. The van der Waals surface area contributed by atoms with Crippen molar-refractivity contribution in [1.82, 2.24) is 5.32 Å². The summed E-state index contributed by atoms with van der Waals surface area (Å²) in [7, 11) is 0. The number of amides is 1. The van der Waals surface area contributed by atoms with Crippen LogP contribution in [0.4, 0.5) is 0 Å². The van der Waals surface area contributed by atoms with Gasteiger partial charge in [-0.3, -0.25) is 0 Å². The van der Waals surface area contributed by atoms with E-state index in [1.165, 1.54) is 22.4 Å². The first kappa shape index (κ1) is 11.3. The first-order valence-electron chi connectivity index (χ1n) is 4.68. The zero-order chi connectivity index (χ0) is 10.7. The molecule has 0 saturated carbocycles. The summed E-state index contributed by atoms with van der Waals surface area (Å²) >= 11 is 1.50. The number of rotatable bonds is 2. The van der Waals surface area contributed by atoms with Gasteiger partial charge in [-0.05, 0) is 0 Å². The van der Waals surface area contributed by atoms with Crippen LogP contribution in [0, 0.1) is 6.92 Å². The number of aryl methyl sites for hydroxylation is 1. The Hall–Kier alpha value is -0.752. The Morgan fingerprint density at radius 2 is 2.07 bits per heavy atom. The second kappa shape index (κ2) is 4.65. The first-order chi connectivity index (χ1) is 6.52. The van der Waals surface area contributed by atoms with E-state index in [1.807, 2.05) is 39.0 Å². The summed E-state index contributed by atoms with van der Waals surface area (Å²) in [4.78, 5) is 11.7. The Balaban J connectivity index is 2.96. The van der Waals surface area contributed by atoms with Crippen molar-refractivity contribution in [2.75, 3.05) is 0 Å². The molecule has 0 bridgehead atoms. The van der Waals surface area contributed by atoms with E-state index in [2.05, 4.69) is 5.32 Å². The molecule has 0 fully saturated rings. The van der Waals surface area contributed by atoms with Crippen LogP contribution in [0.15, 0.2) is 18.2 Å². The Kier molecular flexibility index (Phi) is 3.76. The van der Waals surface area contributed by atoms with Gasteiger partial charge in [0.25, 0.3) is 0 Å². The van der Waals surface area contributed by atoms with E-state index in [1.54, 1.807) is 0 Å². The first-order valence-corrected chi connectivity index (χ1v) is 5.89. The predicted molar refractivity (Wildman–Crippen MR) is 62.0 cm³/mol. The Bertz CT molecular complexity index is 347. The molecule has 0 heterocycles. The molecule has 14 heavy (non-hydrogen) atoms. The molecular weight excluding hydrogens is 237 g/mol. The molecule has 0 aliphatic rings. The van der Waals surface area contributed by atoms with Crippen molar-refractivity contribution < 1.29 is 4.79 Å². The van der Waals surface area contributed by atoms with Gasteiger partial charge in [0.2, 0.25) is 0 Å². The van der Waals surface area contributed by atoms with E-state index >= 15 is 0 Å². The second-order valence-corrected chi connectivity index (χ2v) is 4.88. The number of hydrogen-bond acceptors (Lipinski definition) is 1. The molecule has 0 radical (unpaired) electrons. The van der Waals surface area contributed by atoms with Crippen LogP contribution in [-0.4, -0.2) is 28.8 Å². The molecular formula is C11H16AsNO. The SMILES string of the molecule is Cc1cccc(C(=O)NC(C)C)c1[AsH2]. The average Bonchev–Trinajstić information content (AvgIpc) is 2.08. The number of hydrogen-bond donors (Lipinski definition) is 1. The molecule has 0 spiro atoms. The van der Waals surface area contributed by atoms with Crippen molar-refractivity contribution in [3.63, 3.8) is 0 Å². The van der Waals surface area contributed by atoms with E-state index in [4.69, 9.17) is 0 Å². The van der Waals surface area contributed by atoms with Crippen LogP contribution in [0.3, 0.4) is 0 Å². The fraction of sp³-hybridized carbons (Fsp3) is 0.364. The van der Waals surface area contributed by atoms with E-state index in [0.717, 1.165) is 9.91 Å². The molecule has 76 valence electrons. The molecule has 0 aliphatic carbocycles. The van der Waals surface area contributed by atoms with Crippen LogP contribution >= 0.6 is 0 Å². The topological polar surface area (TPSA) is 29.1 Å². The summed E-state index contributed by atoms with van der Waals surface area (Å²) in [6, 6.07) is 6.02. The minimum atomic E-state index is 0.0306. The molecule has 1 aromatic carbocycles. The van der Waals surface area contributed by atoms with Crippen LogP contribution < -0.4 is 9.67 Å². The molecule has 1 rings (SSSR count). The normalized spacial score (nSPS) is 10.4. The molecule has 0 aromatic heterocycles. The summed E-state index contributed by atoms with van der Waals surface area (Å²) in [5.41, 5.74) is 1.99. The molecule has 1 atom stereocenters. The van der Waals surface area contributed by atoms with Gasteiger partial charge >= 0.3 is 93.4 Å². The molecule has 1 unspecified atom stereocenters. The monoisotopic (exact) mass is 253 g/mol. The maximum absolute atomic E-state index is 11.7. The summed E-state index contributed by atoms with van der Waals surface area (Å²) in [6.07, 6.45) is 0. The van der Waals surface area contributed by atoms with Crippen molar-refractivity contribution in [2.45, 2.75) is 26.8 Å². The molecule has 1 N–H and O–H groups in total. The summed E-state index contributed by atoms with van der Waals surface area (Å²) in [5, 5.41) is 2.90. The predicted octanol–water partition coefficient (Wildman–Crippen LogP) is 0.392. The number of nitrogens with one attached hydrogen (secondary N) is 1. The molecule has 2 nitrogen and oxygen atoms in total. The van der Waals surface area contributed by atoms with Gasteiger partial charge in [0.1, 0.15) is 0 Å². The summed E-state index contributed by atoms with van der Waals surface area (Å²) in [5.74, 6) is 0.0306. The average molecular weight is 253 g/mol. The standard InChI is InChI=1S/C11H16AsNO/c1-7(2)13-11(14)9-6-4-5-8(3)10(9)12/h4-7H,12H2,1-3H3,(H,13,14). The van der Waals surface area contributed by atoms with Crippen molar-refractivity contribution >= 4 is 27.1 Å². The molecule has 1 aromatic rings. The number of carbonyl (C=O) groups excluding carboxylic acids is 1. The number of benzene rings is 1. The van der Waals surface area contributed by atoms with Gasteiger partial charge < -0.3 is 0 Å². The second-order valence-electron chi connectivity index (χ2n) is 3.66. The van der Waals surface area contributed by atoms with Crippen molar-refractivity contribution in [2.24, 2.45) is 0 Å². The van der Waals surface area contributed by atoms with Gasteiger partial charge in [0.05, 0.1) is 0 Å². The Morgan fingerprint density at radius 3 is 2.64 bits per heavy atom. The summed E-state index contributed by atoms with van der Waals surface area (Å²) in [6.45, 7) is 5.96. The zero-order valence-corrected chi connectivity index (χ0v) is 11.2. The van der Waals surface area contributed by atoms with Gasteiger partial charge in [-0.2, -0.15) is 0 Å². The fourth-order valence-corrected chi connectivity index (χ4v) is 1.90. The van der Waals surface area contributed by atoms with E-state index < -0.39 is 0 Å². The van der Waals surface area contributed by atoms with Crippen molar-refractivity contribution in [3.8, 4) is 0 Å². The number of carbonyl (C=O) groups is 1. The molecule has 3 heteroatoms. The van der Waals surface area contributed by atoms with Gasteiger partial charge in [-0.15, -0.1) is 0 Å². The fourth-order valence-electron chi connectivity index (χ4n) is 1.22. The molecule has 0 saturated heterocycles. The van der Waals surface area contributed by atoms with Gasteiger partial charge in [0, 0.05) is 0 Å². The maximum atomic E-state index is 11.7.